The van der Waals surface area contributed by atoms with Crippen LogP contribution in [0.3, 0.4) is 0 Å². The number of carbonyl (C=O) groups excluding carboxylic acids is 1. The van der Waals surface area contributed by atoms with Crippen LogP contribution < -0.4 is 5.73 Å². The van der Waals surface area contributed by atoms with Gasteiger partial charge in [-0.15, -0.1) is 6.58 Å². The summed E-state index contributed by atoms with van der Waals surface area (Å²) in [5.41, 5.74) is 5.35. The quantitative estimate of drug-likeness (QED) is 0.568. The van der Waals surface area contributed by atoms with Crippen LogP contribution in [0.1, 0.15) is 13.8 Å². The van der Waals surface area contributed by atoms with Crippen molar-refractivity contribution in [2.75, 3.05) is 0 Å². The number of ketones is 1. The molecule has 0 aliphatic carbocycles. The van der Waals surface area contributed by atoms with Gasteiger partial charge in [0, 0.05) is 5.92 Å². The maximum atomic E-state index is 10.9. The summed E-state index contributed by atoms with van der Waals surface area (Å²) < 4.78 is 0. The highest BCUT2D eigenvalue weighted by atomic mass is 16.1. The van der Waals surface area contributed by atoms with E-state index in [0.717, 1.165) is 0 Å². The second kappa shape index (κ2) is 3.41. The van der Waals surface area contributed by atoms with Crippen LogP contribution in [0.2, 0.25) is 0 Å². The Bertz CT molecular complexity index is 118. The molecule has 0 saturated heterocycles. The Balaban J connectivity index is 3.87. The Morgan fingerprint density at radius 3 is 2.22 bits per heavy atom. The van der Waals surface area contributed by atoms with Crippen molar-refractivity contribution in [1.82, 2.24) is 0 Å². The molecule has 0 aromatic heterocycles. The highest BCUT2D eigenvalue weighted by Gasteiger charge is 2.12. The molecule has 2 N–H and O–H groups in total. The Kier molecular flexibility index (Phi) is 3.17. The number of carbonyl (C=O) groups is 1. The minimum Gasteiger partial charge on any atom is -0.318 e. The summed E-state index contributed by atoms with van der Waals surface area (Å²) in [6.07, 6.45) is 1.46. The Labute approximate surface area is 55.7 Å². The number of Topliss-reactive ketones (excluding diaryl/α,β-unsaturated/α-hetero) is 1. The molecule has 0 unspecified atom stereocenters. The lowest BCUT2D eigenvalue weighted by atomic mass is 10.0. The monoisotopic (exact) mass is 127 g/mol. The van der Waals surface area contributed by atoms with E-state index >= 15 is 0 Å². The molecule has 0 amide bonds. The zero-order valence-corrected chi connectivity index (χ0v) is 5.92. The minimum atomic E-state index is -0.481. The van der Waals surface area contributed by atoms with Crippen LogP contribution in [-0.4, -0.2) is 11.8 Å². The third-order valence-corrected chi connectivity index (χ3v) is 1.15. The normalized spacial score (nSPS) is 13.3. The molecule has 0 aromatic rings. The molecule has 0 saturated carbocycles. The van der Waals surface area contributed by atoms with Crippen molar-refractivity contribution in [2.45, 2.75) is 19.9 Å². The molecule has 0 heterocycles. The molecule has 0 aromatic carbocycles. The average molecular weight is 127 g/mol. The maximum absolute atomic E-state index is 10.9. The Morgan fingerprint density at radius 1 is 1.67 bits per heavy atom. The predicted molar refractivity (Wildman–Crippen MR) is 38.0 cm³/mol. The van der Waals surface area contributed by atoms with E-state index in [1.807, 2.05) is 13.8 Å². The van der Waals surface area contributed by atoms with Crippen LogP contribution in [0, 0.1) is 5.92 Å². The largest absolute Gasteiger partial charge is 0.318 e. The first-order valence-electron chi connectivity index (χ1n) is 3.01. The first kappa shape index (κ1) is 8.37. The average Bonchev–Trinajstić information content (AvgIpc) is 1.84. The fourth-order valence-corrected chi connectivity index (χ4v) is 0.501. The van der Waals surface area contributed by atoms with E-state index in [-0.39, 0.29) is 11.7 Å². The second-order valence-electron chi connectivity index (χ2n) is 2.32. The molecule has 9 heavy (non-hydrogen) atoms. The van der Waals surface area contributed by atoms with E-state index < -0.39 is 6.04 Å². The van der Waals surface area contributed by atoms with E-state index in [2.05, 4.69) is 6.58 Å². The topological polar surface area (TPSA) is 43.1 Å². The fourth-order valence-electron chi connectivity index (χ4n) is 0.501. The van der Waals surface area contributed by atoms with Crippen molar-refractivity contribution in [3.8, 4) is 0 Å². The number of hydrogen-bond acceptors (Lipinski definition) is 2. The summed E-state index contributed by atoms with van der Waals surface area (Å²) in [7, 11) is 0. The molecule has 0 radical (unpaired) electrons. The van der Waals surface area contributed by atoms with Crippen LogP contribution in [0.5, 0.6) is 0 Å². The number of nitrogens with two attached hydrogens (primary N) is 1. The first-order chi connectivity index (χ1) is 4.09. The summed E-state index contributed by atoms with van der Waals surface area (Å²) in [6, 6.07) is -0.481. The van der Waals surface area contributed by atoms with Crippen molar-refractivity contribution in [1.29, 1.82) is 0 Å². The summed E-state index contributed by atoms with van der Waals surface area (Å²) in [5, 5.41) is 0. The fraction of sp³-hybridized carbons (Fsp3) is 0.571. The summed E-state index contributed by atoms with van der Waals surface area (Å²) in [5.74, 6) is 0.0583. The third-order valence-electron chi connectivity index (χ3n) is 1.15. The molecule has 0 spiro atoms. The van der Waals surface area contributed by atoms with Gasteiger partial charge in [-0.1, -0.05) is 19.9 Å². The molecule has 0 aliphatic rings. The minimum absolute atomic E-state index is 0.0120. The van der Waals surface area contributed by atoms with Crippen LogP contribution in [0.4, 0.5) is 0 Å². The van der Waals surface area contributed by atoms with Gasteiger partial charge >= 0.3 is 0 Å². The molecular weight excluding hydrogens is 114 g/mol. The van der Waals surface area contributed by atoms with Gasteiger partial charge in [0.2, 0.25) is 0 Å². The van der Waals surface area contributed by atoms with Crippen molar-refractivity contribution < 1.29 is 4.79 Å². The highest BCUT2D eigenvalue weighted by Crippen LogP contribution is 1.97. The molecule has 2 nitrogen and oxygen atoms in total. The summed E-state index contributed by atoms with van der Waals surface area (Å²) in [4.78, 5) is 10.9. The lowest BCUT2D eigenvalue weighted by molar-refractivity contribution is -0.122. The number of hydrogen-bond donors (Lipinski definition) is 1. The third kappa shape index (κ3) is 2.42. The lowest BCUT2D eigenvalue weighted by Crippen LogP contribution is -2.31. The van der Waals surface area contributed by atoms with Gasteiger partial charge in [0.25, 0.3) is 0 Å². The lowest BCUT2D eigenvalue weighted by Gasteiger charge is -2.06. The van der Waals surface area contributed by atoms with E-state index in [4.69, 9.17) is 5.73 Å². The molecular formula is C7H13NO. The van der Waals surface area contributed by atoms with Crippen molar-refractivity contribution in [3.05, 3.63) is 12.7 Å². The predicted octanol–water partition coefficient (Wildman–Crippen LogP) is 0.725. The molecule has 2 heteroatoms. The first-order valence-corrected chi connectivity index (χ1v) is 3.01. The highest BCUT2D eigenvalue weighted by molar-refractivity contribution is 5.87. The summed E-state index contributed by atoms with van der Waals surface area (Å²) in [6.45, 7) is 7.07. The van der Waals surface area contributed by atoms with Crippen LogP contribution in [0.15, 0.2) is 12.7 Å². The van der Waals surface area contributed by atoms with Gasteiger partial charge in [0.15, 0.2) is 5.78 Å². The molecule has 0 fully saturated rings. The van der Waals surface area contributed by atoms with E-state index in [1.54, 1.807) is 0 Å². The Morgan fingerprint density at radius 2 is 2.11 bits per heavy atom. The van der Waals surface area contributed by atoms with E-state index in [0.29, 0.717) is 0 Å². The van der Waals surface area contributed by atoms with E-state index in [9.17, 15) is 4.79 Å². The van der Waals surface area contributed by atoms with Gasteiger partial charge in [-0.25, -0.2) is 0 Å². The molecule has 0 bridgehead atoms. The molecule has 0 aliphatic heterocycles. The van der Waals surface area contributed by atoms with Gasteiger partial charge in [0.05, 0.1) is 6.04 Å². The zero-order valence-electron chi connectivity index (χ0n) is 5.92. The van der Waals surface area contributed by atoms with Crippen LogP contribution in [0.25, 0.3) is 0 Å². The van der Waals surface area contributed by atoms with Gasteiger partial charge in [-0.05, 0) is 0 Å². The molecule has 52 valence electrons. The summed E-state index contributed by atoms with van der Waals surface area (Å²) >= 11 is 0. The van der Waals surface area contributed by atoms with Gasteiger partial charge in [-0.2, -0.15) is 0 Å². The van der Waals surface area contributed by atoms with Crippen LogP contribution >= 0.6 is 0 Å². The second-order valence-corrected chi connectivity index (χ2v) is 2.32. The van der Waals surface area contributed by atoms with Gasteiger partial charge in [0.1, 0.15) is 0 Å². The molecule has 1 atom stereocenters. The van der Waals surface area contributed by atoms with Crippen molar-refractivity contribution in [3.63, 3.8) is 0 Å². The molecule has 0 rings (SSSR count). The zero-order chi connectivity index (χ0) is 7.44. The van der Waals surface area contributed by atoms with Crippen molar-refractivity contribution in [2.24, 2.45) is 11.7 Å². The van der Waals surface area contributed by atoms with Gasteiger partial charge < -0.3 is 5.73 Å². The van der Waals surface area contributed by atoms with E-state index in [1.165, 1.54) is 6.08 Å². The Hall–Kier alpha value is -0.630. The standard InChI is InChI=1S/C7H13NO/c1-4-6(8)7(9)5(2)3/h4-6H,1,8H2,2-3H3/t6-/m0/s1. The van der Waals surface area contributed by atoms with Crippen LogP contribution in [-0.2, 0) is 4.79 Å². The SMILES string of the molecule is C=C[C@H](N)C(=O)C(C)C. The van der Waals surface area contributed by atoms with Gasteiger partial charge in [-0.3, -0.25) is 4.79 Å². The number of rotatable bonds is 3. The smallest absolute Gasteiger partial charge is 0.155 e. The van der Waals surface area contributed by atoms with Crippen molar-refractivity contribution >= 4 is 5.78 Å². The maximum Gasteiger partial charge on any atom is 0.155 e.